The molecule has 2 aromatic carbocycles. The van der Waals surface area contributed by atoms with Gasteiger partial charge in [-0.05, 0) is 68.0 Å². The first kappa shape index (κ1) is 23.2. The number of carbonyl (C=O) groups is 1. The monoisotopic (exact) mass is 453 g/mol. The third kappa shape index (κ3) is 4.69. The maximum Gasteiger partial charge on any atom is 0.264 e. The topological polar surface area (TPSA) is 55.5 Å². The zero-order chi connectivity index (χ0) is 24.2. The average Bonchev–Trinajstić information content (AvgIpc) is 3.15. The lowest BCUT2D eigenvalue weighted by Gasteiger charge is -2.36. The first-order chi connectivity index (χ1) is 16.4. The van der Waals surface area contributed by atoms with Crippen molar-refractivity contribution >= 4 is 23.4 Å². The van der Waals surface area contributed by atoms with E-state index in [-0.39, 0.29) is 11.5 Å². The number of hydrogen-bond donors (Lipinski definition) is 0. The summed E-state index contributed by atoms with van der Waals surface area (Å²) in [6.07, 6.45) is 1.74. The summed E-state index contributed by atoms with van der Waals surface area (Å²) in [5.74, 6) is -0.199. The van der Waals surface area contributed by atoms with Crippen molar-refractivity contribution in [1.29, 1.82) is 5.26 Å². The number of carbonyl (C=O) groups excluding carboxylic acids is 1. The number of amides is 1. The number of piperazine rings is 1. The molecule has 1 aliphatic rings. The van der Waals surface area contributed by atoms with Gasteiger partial charge >= 0.3 is 0 Å². The Balaban J connectivity index is 1.52. The van der Waals surface area contributed by atoms with E-state index in [0.29, 0.717) is 13.1 Å². The van der Waals surface area contributed by atoms with Crippen LogP contribution in [0, 0.1) is 25.2 Å². The van der Waals surface area contributed by atoms with Gasteiger partial charge < -0.3 is 19.3 Å². The van der Waals surface area contributed by atoms with E-state index in [1.807, 2.05) is 52.2 Å². The summed E-state index contributed by atoms with van der Waals surface area (Å²) >= 11 is 0. The summed E-state index contributed by atoms with van der Waals surface area (Å²) in [6.45, 7) is 6.78. The number of para-hydroxylation sites is 1. The van der Waals surface area contributed by atoms with Crippen molar-refractivity contribution < 1.29 is 4.79 Å². The Morgan fingerprint density at radius 1 is 0.941 bits per heavy atom. The van der Waals surface area contributed by atoms with E-state index < -0.39 is 0 Å². The van der Waals surface area contributed by atoms with Crippen LogP contribution < -0.4 is 9.80 Å². The molecule has 0 spiro atoms. The lowest BCUT2D eigenvalue weighted by Crippen LogP contribution is -2.49. The number of nitriles is 1. The predicted molar refractivity (Wildman–Crippen MR) is 138 cm³/mol. The fraction of sp³-hybridized carbons (Fsp3) is 0.286. The van der Waals surface area contributed by atoms with Gasteiger partial charge in [0, 0.05) is 68.7 Å². The maximum atomic E-state index is 13.2. The minimum Gasteiger partial charge on any atom is -0.378 e. The number of nitrogens with zero attached hydrogens (tertiary/aromatic N) is 5. The maximum absolute atomic E-state index is 13.2. The molecule has 0 saturated carbocycles. The summed E-state index contributed by atoms with van der Waals surface area (Å²) in [4.78, 5) is 19.3. The van der Waals surface area contributed by atoms with E-state index in [2.05, 4.69) is 56.8 Å². The van der Waals surface area contributed by atoms with Crippen LogP contribution in [0.15, 0.2) is 66.2 Å². The first-order valence-electron chi connectivity index (χ1n) is 11.6. The van der Waals surface area contributed by atoms with Crippen LogP contribution in [0.5, 0.6) is 0 Å². The molecule has 6 nitrogen and oxygen atoms in total. The number of rotatable bonds is 5. The van der Waals surface area contributed by atoms with Gasteiger partial charge in [-0.3, -0.25) is 4.79 Å². The predicted octanol–water partition coefficient (Wildman–Crippen LogP) is 4.42. The number of benzene rings is 2. The Bertz CT molecular complexity index is 1220. The number of aromatic nitrogens is 1. The molecule has 4 rings (SSSR count). The first-order valence-corrected chi connectivity index (χ1v) is 11.6. The molecule has 0 radical (unpaired) electrons. The second-order valence-corrected chi connectivity index (χ2v) is 8.86. The van der Waals surface area contributed by atoms with Gasteiger partial charge in [-0.1, -0.05) is 18.2 Å². The van der Waals surface area contributed by atoms with Gasteiger partial charge in [-0.15, -0.1) is 0 Å². The van der Waals surface area contributed by atoms with Crippen LogP contribution in [0.1, 0.15) is 17.0 Å². The standard InChI is InChI=1S/C28H31N5O/c1-21-18-23(22(2)33(21)27-12-10-25(11-13-27)30(3)4)19-24(20-29)28(34)32-16-14-31(15-17-32)26-8-6-5-7-9-26/h5-13,18-19H,14-17H2,1-4H3/b24-19-. The van der Waals surface area contributed by atoms with Gasteiger partial charge in [0.1, 0.15) is 11.6 Å². The molecule has 0 unspecified atom stereocenters. The van der Waals surface area contributed by atoms with Gasteiger partial charge in [-0.25, -0.2) is 0 Å². The summed E-state index contributed by atoms with van der Waals surface area (Å²) in [5.41, 5.74) is 6.49. The lowest BCUT2D eigenvalue weighted by molar-refractivity contribution is -0.126. The van der Waals surface area contributed by atoms with Crippen molar-refractivity contribution in [2.75, 3.05) is 50.1 Å². The fourth-order valence-electron chi connectivity index (χ4n) is 4.51. The summed E-state index contributed by atoms with van der Waals surface area (Å²) in [5, 5.41) is 9.80. The minimum atomic E-state index is -0.199. The third-order valence-electron chi connectivity index (χ3n) is 6.43. The highest BCUT2D eigenvalue weighted by Gasteiger charge is 2.24. The molecule has 3 aromatic rings. The average molecular weight is 454 g/mol. The Morgan fingerprint density at radius 3 is 2.18 bits per heavy atom. The van der Waals surface area contributed by atoms with Crippen LogP contribution in [-0.4, -0.2) is 55.6 Å². The van der Waals surface area contributed by atoms with Crippen molar-refractivity contribution in [2.24, 2.45) is 0 Å². The zero-order valence-corrected chi connectivity index (χ0v) is 20.3. The molecule has 2 heterocycles. The summed E-state index contributed by atoms with van der Waals surface area (Å²) < 4.78 is 2.16. The van der Waals surface area contributed by atoms with Crippen LogP contribution in [0.4, 0.5) is 11.4 Å². The lowest BCUT2D eigenvalue weighted by atomic mass is 10.1. The van der Waals surface area contributed by atoms with Crippen molar-refractivity contribution in [1.82, 2.24) is 9.47 Å². The van der Waals surface area contributed by atoms with E-state index in [1.165, 1.54) is 0 Å². The zero-order valence-electron chi connectivity index (χ0n) is 20.3. The van der Waals surface area contributed by atoms with Gasteiger partial charge in [0.15, 0.2) is 0 Å². The number of hydrogen-bond acceptors (Lipinski definition) is 4. The Kier molecular flexibility index (Phi) is 6.74. The molecule has 6 heteroatoms. The van der Waals surface area contributed by atoms with Crippen molar-refractivity contribution in [3.63, 3.8) is 0 Å². The summed E-state index contributed by atoms with van der Waals surface area (Å²) in [7, 11) is 4.04. The SMILES string of the molecule is Cc1cc(/C=C(/C#N)C(=O)N2CCN(c3ccccc3)CC2)c(C)n1-c1ccc(N(C)C)cc1. The van der Waals surface area contributed by atoms with E-state index in [1.54, 1.807) is 11.0 Å². The van der Waals surface area contributed by atoms with E-state index in [9.17, 15) is 10.1 Å². The van der Waals surface area contributed by atoms with Crippen LogP contribution in [0.25, 0.3) is 11.8 Å². The minimum absolute atomic E-state index is 0.177. The molecule has 0 atom stereocenters. The number of anilines is 2. The van der Waals surface area contributed by atoms with Gasteiger partial charge in [0.25, 0.3) is 5.91 Å². The molecular formula is C28H31N5O. The van der Waals surface area contributed by atoms with Crippen molar-refractivity contribution in [3.8, 4) is 11.8 Å². The molecule has 0 aliphatic carbocycles. The molecule has 34 heavy (non-hydrogen) atoms. The molecule has 1 aromatic heterocycles. The molecule has 174 valence electrons. The van der Waals surface area contributed by atoms with Gasteiger partial charge in [0.2, 0.25) is 0 Å². The second kappa shape index (κ2) is 9.88. The molecule has 0 bridgehead atoms. The summed E-state index contributed by atoms with van der Waals surface area (Å²) in [6, 6.07) is 22.8. The normalized spacial score (nSPS) is 14.1. The largest absolute Gasteiger partial charge is 0.378 e. The van der Waals surface area contributed by atoms with Gasteiger partial charge in [-0.2, -0.15) is 5.26 Å². The highest BCUT2D eigenvalue weighted by Crippen LogP contribution is 2.25. The molecule has 1 saturated heterocycles. The quantitative estimate of drug-likeness (QED) is 0.424. The fourth-order valence-corrected chi connectivity index (χ4v) is 4.51. The molecular weight excluding hydrogens is 422 g/mol. The van der Waals surface area contributed by atoms with Crippen LogP contribution in [0.3, 0.4) is 0 Å². The van der Waals surface area contributed by atoms with E-state index >= 15 is 0 Å². The molecule has 0 N–H and O–H groups in total. The highest BCUT2D eigenvalue weighted by atomic mass is 16.2. The Labute approximate surface area is 201 Å². The van der Waals surface area contributed by atoms with Crippen LogP contribution in [-0.2, 0) is 4.79 Å². The van der Waals surface area contributed by atoms with Gasteiger partial charge in [0.05, 0.1) is 0 Å². The molecule has 1 amide bonds. The highest BCUT2D eigenvalue weighted by molar-refractivity contribution is 6.02. The van der Waals surface area contributed by atoms with E-state index in [0.717, 1.165) is 47.1 Å². The van der Waals surface area contributed by atoms with Crippen molar-refractivity contribution in [2.45, 2.75) is 13.8 Å². The molecule has 1 aliphatic heterocycles. The van der Waals surface area contributed by atoms with E-state index in [4.69, 9.17) is 0 Å². The Hall–Kier alpha value is -3.98. The van der Waals surface area contributed by atoms with Crippen LogP contribution >= 0.6 is 0 Å². The smallest absolute Gasteiger partial charge is 0.264 e. The second-order valence-electron chi connectivity index (χ2n) is 8.86. The number of aryl methyl sites for hydroxylation is 1. The third-order valence-corrected chi connectivity index (χ3v) is 6.43. The van der Waals surface area contributed by atoms with Crippen molar-refractivity contribution in [3.05, 3.63) is 83.2 Å². The molecule has 1 fully saturated rings. The van der Waals surface area contributed by atoms with Crippen LogP contribution in [0.2, 0.25) is 0 Å². The Morgan fingerprint density at radius 2 is 1.59 bits per heavy atom.